The molecule has 0 atom stereocenters. The van der Waals surface area contributed by atoms with E-state index in [-0.39, 0.29) is 11.9 Å². The highest BCUT2D eigenvalue weighted by molar-refractivity contribution is 5.78. The highest BCUT2D eigenvalue weighted by Crippen LogP contribution is 2.01. The molecule has 0 bridgehead atoms. The van der Waals surface area contributed by atoms with E-state index in [0.29, 0.717) is 13.0 Å². The van der Waals surface area contributed by atoms with E-state index in [4.69, 9.17) is 0 Å². The molecular weight excluding hydrogens is 208 g/mol. The van der Waals surface area contributed by atoms with E-state index in [2.05, 4.69) is 22.6 Å². The molecule has 0 spiro atoms. The van der Waals surface area contributed by atoms with Crippen molar-refractivity contribution in [1.82, 2.24) is 20.4 Å². The van der Waals surface area contributed by atoms with Crippen LogP contribution in [0.4, 0.5) is 4.79 Å². The van der Waals surface area contributed by atoms with E-state index < -0.39 is 0 Å². The van der Waals surface area contributed by atoms with Gasteiger partial charge in [-0.1, -0.05) is 0 Å². The lowest BCUT2D eigenvalue weighted by Crippen LogP contribution is -2.47. The molecule has 6 heteroatoms. The summed E-state index contributed by atoms with van der Waals surface area (Å²) in [6, 6.07) is -0.244. The normalized spacial score (nSPS) is 17.0. The number of carbonyl (C=O) groups is 2. The van der Waals surface area contributed by atoms with Gasteiger partial charge in [-0.05, 0) is 7.05 Å². The molecule has 0 radical (unpaired) electrons. The van der Waals surface area contributed by atoms with Crippen LogP contribution in [-0.2, 0) is 4.79 Å². The molecule has 1 aliphatic heterocycles. The number of nitrogens with zero attached hydrogens (tertiary/aromatic N) is 2. The number of nitrogens with one attached hydrogen (secondary N) is 2. The Balaban J connectivity index is 2.17. The summed E-state index contributed by atoms with van der Waals surface area (Å²) in [5.74, 6) is 0.115. The molecule has 16 heavy (non-hydrogen) atoms. The van der Waals surface area contributed by atoms with Gasteiger partial charge in [0, 0.05) is 46.2 Å². The summed E-state index contributed by atoms with van der Waals surface area (Å²) in [7, 11) is 3.60. The van der Waals surface area contributed by atoms with Crippen molar-refractivity contribution in [3.05, 3.63) is 0 Å². The van der Waals surface area contributed by atoms with Crippen LogP contribution >= 0.6 is 0 Å². The predicted octanol–water partition coefficient (Wildman–Crippen LogP) is -0.920. The van der Waals surface area contributed by atoms with Crippen LogP contribution in [0.5, 0.6) is 0 Å². The van der Waals surface area contributed by atoms with Gasteiger partial charge in [0.25, 0.3) is 0 Å². The molecule has 0 aromatic carbocycles. The molecule has 1 aliphatic rings. The lowest BCUT2D eigenvalue weighted by Gasteiger charge is -2.32. The summed E-state index contributed by atoms with van der Waals surface area (Å²) in [6.07, 6.45) is 0.372. The van der Waals surface area contributed by atoms with Crippen molar-refractivity contribution in [3.8, 4) is 0 Å². The first kappa shape index (κ1) is 12.8. The third-order valence-corrected chi connectivity index (χ3v) is 2.71. The molecule has 1 saturated heterocycles. The fourth-order valence-corrected chi connectivity index (χ4v) is 1.59. The quantitative estimate of drug-likeness (QED) is 0.656. The van der Waals surface area contributed by atoms with Crippen LogP contribution in [-0.4, -0.2) is 68.6 Å². The average Bonchev–Trinajstić information content (AvgIpc) is 2.29. The van der Waals surface area contributed by atoms with Gasteiger partial charge in [0.15, 0.2) is 0 Å². The fourth-order valence-electron chi connectivity index (χ4n) is 1.59. The summed E-state index contributed by atoms with van der Waals surface area (Å²) in [5, 5.41) is 5.05. The van der Waals surface area contributed by atoms with Crippen molar-refractivity contribution in [1.29, 1.82) is 0 Å². The standard InChI is InChI=1S/C10H20N4O2/c1-11-10(16)12-4-3-9(15)14-7-5-13(2)6-8-14/h3-8H2,1-2H3,(H2,11,12,16). The number of carbonyl (C=O) groups excluding carboxylic acids is 2. The first-order valence-electron chi connectivity index (χ1n) is 5.55. The van der Waals surface area contributed by atoms with Gasteiger partial charge in [-0.3, -0.25) is 4.79 Å². The number of hydrogen-bond donors (Lipinski definition) is 2. The summed E-state index contributed by atoms with van der Waals surface area (Å²) >= 11 is 0. The molecule has 0 aromatic heterocycles. The second kappa shape index (κ2) is 6.32. The van der Waals surface area contributed by atoms with E-state index in [9.17, 15) is 9.59 Å². The Bertz CT molecular complexity index is 249. The Kier molecular flexibility index (Phi) is 5.04. The van der Waals surface area contributed by atoms with Crippen LogP contribution in [0, 0.1) is 0 Å². The highest BCUT2D eigenvalue weighted by atomic mass is 16.2. The van der Waals surface area contributed by atoms with Crippen molar-refractivity contribution >= 4 is 11.9 Å². The van der Waals surface area contributed by atoms with Gasteiger partial charge in [-0.2, -0.15) is 0 Å². The zero-order valence-corrected chi connectivity index (χ0v) is 9.95. The maximum absolute atomic E-state index is 11.7. The molecule has 6 nitrogen and oxygen atoms in total. The minimum absolute atomic E-state index is 0.115. The predicted molar refractivity (Wildman–Crippen MR) is 61.2 cm³/mol. The van der Waals surface area contributed by atoms with Crippen LogP contribution in [0.3, 0.4) is 0 Å². The summed E-state index contributed by atoms with van der Waals surface area (Å²) in [4.78, 5) is 26.6. The number of amides is 3. The Morgan fingerprint density at radius 3 is 2.38 bits per heavy atom. The third-order valence-electron chi connectivity index (χ3n) is 2.71. The molecule has 1 fully saturated rings. The molecule has 0 aromatic rings. The SMILES string of the molecule is CNC(=O)NCCC(=O)N1CCN(C)CC1. The van der Waals surface area contributed by atoms with Gasteiger partial charge in [-0.25, -0.2) is 4.79 Å². The second-order valence-corrected chi connectivity index (χ2v) is 3.94. The Hall–Kier alpha value is -1.30. The van der Waals surface area contributed by atoms with Gasteiger partial charge in [0.05, 0.1) is 0 Å². The number of urea groups is 1. The number of hydrogen-bond acceptors (Lipinski definition) is 3. The number of likely N-dealkylation sites (N-methyl/N-ethyl adjacent to an activating group) is 1. The molecule has 0 saturated carbocycles. The van der Waals surface area contributed by atoms with E-state index in [1.807, 2.05) is 4.90 Å². The molecular formula is C10H20N4O2. The van der Waals surface area contributed by atoms with Crippen molar-refractivity contribution in [2.45, 2.75) is 6.42 Å². The van der Waals surface area contributed by atoms with Crippen LogP contribution in [0.15, 0.2) is 0 Å². The average molecular weight is 228 g/mol. The van der Waals surface area contributed by atoms with Crippen LogP contribution in [0.2, 0.25) is 0 Å². The van der Waals surface area contributed by atoms with Crippen molar-refractivity contribution in [3.63, 3.8) is 0 Å². The zero-order valence-electron chi connectivity index (χ0n) is 9.95. The molecule has 3 amide bonds. The highest BCUT2D eigenvalue weighted by Gasteiger charge is 2.18. The maximum atomic E-state index is 11.7. The summed E-state index contributed by atoms with van der Waals surface area (Å²) in [6.45, 7) is 3.82. The Morgan fingerprint density at radius 1 is 1.19 bits per heavy atom. The smallest absolute Gasteiger partial charge is 0.314 e. The molecule has 1 rings (SSSR count). The first-order chi connectivity index (χ1) is 7.63. The Morgan fingerprint density at radius 2 is 1.81 bits per heavy atom. The van der Waals surface area contributed by atoms with Gasteiger partial charge in [-0.15, -0.1) is 0 Å². The second-order valence-electron chi connectivity index (χ2n) is 3.94. The minimum atomic E-state index is -0.244. The van der Waals surface area contributed by atoms with Gasteiger partial charge in [0.2, 0.25) is 5.91 Å². The first-order valence-corrected chi connectivity index (χ1v) is 5.55. The van der Waals surface area contributed by atoms with E-state index in [1.165, 1.54) is 0 Å². The van der Waals surface area contributed by atoms with Gasteiger partial charge < -0.3 is 20.4 Å². The molecule has 2 N–H and O–H groups in total. The van der Waals surface area contributed by atoms with Crippen LogP contribution in [0.1, 0.15) is 6.42 Å². The molecule has 1 heterocycles. The molecule has 0 unspecified atom stereocenters. The van der Waals surface area contributed by atoms with Crippen molar-refractivity contribution in [2.75, 3.05) is 46.8 Å². The van der Waals surface area contributed by atoms with Crippen LogP contribution in [0.25, 0.3) is 0 Å². The van der Waals surface area contributed by atoms with E-state index in [0.717, 1.165) is 26.2 Å². The largest absolute Gasteiger partial charge is 0.341 e. The lowest BCUT2D eigenvalue weighted by atomic mass is 10.3. The summed E-state index contributed by atoms with van der Waals surface area (Å²) in [5.41, 5.74) is 0. The maximum Gasteiger partial charge on any atom is 0.314 e. The van der Waals surface area contributed by atoms with Gasteiger partial charge >= 0.3 is 6.03 Å². The molecule has 92 valence electrons. The lowest BCUT2D eigenvalue weighted by molar-refractivity contribution is -0.132. The van der Waals surface area contributed by atoms with E-state index >= 15 is 0 Å². The third kappa shape index (κ3) is 4.06. The van der Waals surface area contributed by atoms with Crippen molar-refractivity contribution in [2.24, 2.45) is 0 Å². The van der Waals surface area contributed by atoms with Gasteiger partial charge in [0.1, 0.15) is 0 Å². The summed E-state index contributed by atoms with van der Waals surface area (Å²) < 4.78 is 0. The topological polar surface area (TPSA) is 64.7 Å². The van der Waals surface area contributed by atoms with E-state index in [1.54, 1.807) is 7.05 Å². The Labute approximate surface area is 96.0 Å². The zero-order chi connectivity index (χ0) is 12.0. The van der Waals surface area contributed by atoms with Crippen LogP contribution < -0.4 is 10.6 Å². The number of rotatable bonds is 3. The number of piperazine rings is 1. The molecule has 0 aliphatic carbocycles. The van der Waals surface area contributed by atoms with Crippen molar-refractivity contribution < 1.29 is 9.59 Å². The monoisotopic (exact) mass is 228 g/mol. The minimum Gasteiger partial charge on any atom is -0.341 e. The fraction of sp³-hybridized carbons (Fsp3) is 0.800.